The van der Waals surface area contributed by atoms with Crippen molar-refractivity contribution in [1.82, 2.24) is 0 Å². The third-order valence-electron chi connectivity index (χ3n) is 1.90. The van der Waals surface area contributed by atoms with Gasteiger partial charge in [-0.1, -0.05) is 6.92 Å². The van der Waals surface area contributed by atoms with Gasteiger partial charge in [-0.2, -0.15) is 0 Å². The van der Waals surface area contributed by atoms with E-state index < -0.39 is 6.10 Å². The summed E-state index contributed by atoms with van der Waals surface area (Å²) in [6.45, 7) is 2.36. The Morgan fingerprint density at radius 2 is 2.50 bits per heavy atom. The highest BCUT2D eigenvalue weighted by atomic mass is 16.5. The first-order valence-electron chi connectivity index (χ1n) is 3.57. The third kappa shape index (κ3) is 1.48. The lowest BCUT2D eigenvalue weighted by Crippen LogP contribution is -2.34. The molecular formula is C7H12O3. The number of ether oxygens (including phenoxy) is 1. The van der Waals surface area contributed by atoms with Gasteiger partial charge in [0.2, 0.25) is 0 Å². The fourth-order valence-corrected chi connectivity index (χ4v) is 1.10. The molecule has 1 saturated heterocycles. The molecule has 0 aromatic rings. The smallest absolute Gasteiger partial charge is 0.308 e. The molecule has 1 fully saturated rings. The number of rotatable bonds is 1. The molecule has 3 nitrogen and oxygen atoms in total. The monoisotopic (exact) mass is 144 g/mol. The summed E-state index contributed by atoms with van der Waals surface area (Å²) >= 11 is 0. The number of hydrogen-bond donors (Lipinski definition) is 1. The van der Waals surface area contributed by atoms with Gasteiger partial charge in [-0.25, -0.2) is 0 Å². The summed E-state index contributed by atoms with van der Waals surface area (Å²) in [5, 5.41) is 9.24. The molecule has 1 N–H and O–H groups in total. The number of carbonyl (C=O) groups excluding carboxylic acids is 1. The summed E-state index contributed by atoms with van der Waals surface area (Å²) in [6.07, 6.45) is 0.554. The standard InChI is InChI=1S/C7H12O3/c1-2-5-4-10-7(9)3-6(5)8/h5-6,8H,2-4H2,1H3. The topological polar surface area (TPSA) is 46.5 Å². The molecule has 0 spiro atoms. The minimum atomic E-state index is -0.480. The van der Waals surface area contributed by atoms with E-state index in [0.717, 1.165) is 6.42 Å². The summed E-state index contributed by atoms with van der Waals surface area (Å²) in [5.74, 6) is -0.130. The van der Waals surface area contributed by atoms with Crippen LogP contribution in [-0.4, -0.2) is 23.8 Å². The van der Waals surface area contributed by atoms with E-state index in [-0.39, 0.29) is 18.3 Å². The van der Waals surface area contributed by atoms with Gasteiger partial charge in [0.25, 0.3) is 0 Å². The quantitative estimate of drug-likeness (QED) is 0.539. The predicted octanol–water partition coefficient (Wildman–Crippen LogP) is 0.320. The van der Waals surface area contributed by atoms with Crippen LogP contribution in [0.1, 0.15) is 19.8 Å². The third-order valence-corrected chi connectivity index (χ3v) is 1.90. The lowest BCUT2D eigenvalue weighted by molar-refractivity contribution is -0.156. The second-order valence-corrected chi connectivity index (χ2v) is 2.62. The molecule has 1 aliphatic rings. The van der Waals surface area contributed by atoms with Gasteiger partial charge in [-0.3, -0.25) is 4.79 Å². The molecule has 58 valence electrons. The molecule has 0 amide bonds. The van der Waals surface area contributed by atoms with E-state index in [9.17, 15) is 9.90 Å². The van der Waals surface area contributed by atoms with Crippen molar-refractivity contribution in [2.75, 3.05) is 6.61 Å². The molecule has 0 aliphatic carbocycles. The van der Waals surface area contributed by atoms with E-state index in [4.69, 9.17) is 4.74 Å². The molecule has 0 saturated carbocycles. The van der Waals surface area contributed by atoms with Crippen molar-refractivity contribution >= 4 is 5.97 Å². The lowest BCUT2D eigenvalue weighted by Gasteiger charge is -2.25. The highest BCUT2D eigenvalue weighted by molar-refractivity contribution is 5.70. The van der Waals surface area contributed by atoms with Crippen LogP contribution in [0.4, 0.5) is 0 Å². The van der Waals surface area contributed by atoms with Crippen LogP contribution in [0.25, 0.3) is 0 Å². The van der Waals surface area contributed by atoms with Crippen LogP contribution in [0.2, 0.25) is 0 Å². The van der Waals surface area contributed by atoms with E-state index >= 15 is 0 Å². The van der Waals surface area contributed by atoms with E-state index in [1.807, 2.05) is 6.92 Å². The Morgan fingerprint density at radius 3 is 3.00 bits per heavy atom. The van der Waals surface area contributed by atoms with Crippen molar-refractivity contribution in [3.63, 3.8) is 0 Å². The molecular weight excluding hydrogens is 132 g/mol. The maximum atomic E-state index is 10.6. The van der Waals surface area contributed by atoms with Crippen molar-refractivity contribution in [3.8, 4) is 0 Å². The molecule has 0 aromatic carbocycles. The Morgan fingerprint density at radius 1 is 1.80 bits per heavy atom. The fraction of sp³-hybridized carbons (Fsp3) is 0.857. The molecule has 2 atom stereocenters. The van der Waals surface area contributed by atoms with E-state index in [2.05, 4.69) is 0 Å². The molecule has 3 heteroatoms. The van der Waals surface area contributed by atoms with Gasteiger partial charge in [0.1, 0.15) is 0 Å². The van der Waals surface area contributed by atoms with E-state index in [1.54, 1.807) is 0 Å². The Kier molecular flexibility index (Phi) is 2.27. The Bertz CT molecular complexity index is 133. The number of aliphatic hydroxyl groups excluding tert-OH is 1. The van der Waals surface area contributed by atoms with Gasteiger partial charge in [0, 0.05) is 5.92 Å². The summed E-state index contributed by atoms with van der Waals surface area (Å²) in [4.78, 5) is 10.6. The molecule has 1 heterocycles. The highest BCUT2D eigenvalue weighted by Gasteiger charge is 2.27. The second-order valence-electron chi connectivity index (χ2n) is 2.62. The van der Waals surface area contributed by atoms with Gasteiger partial charge in [-0.05, 0) is 6.42 Å². The summed E-state index contributed by atoms with van der Waals surface area (Å²) in [5.41, 5.74) is 0. The van der Waals surface area contributed by atoms with Gasteiger partial charge in [-0.15, -0.1) is 0 Å². The molecule has 0 bridgehead atoms. The van der Waals surface area contributed by atoms with Crippen LogP contribution in [0.5, 0.6) is 0 Å². The predicted molar refractivity (Wildman–Crippen MR) is 35.4 cm³/mol. The SMILES string of the molecule is CCC1COC(=O)CC1O. The molecule has 1 rings (SSSR count). The fourth-order valence-electron chi connectivity index (χ4n) is 1.10. The van der Waals surface area contributed by atoms with Crippen LogP contribution in [0.3, 0.4) is 0 Å². The zero-order valence-corrected chi connectivity index (χ0v) is 6.04. The molecule has 1 aliphatic heterocycles. The maximum Gasteiger partial charge on any atom is 0.308 e. The molecule has 2 unspecified atom stereocenters. The van der Waals surface area contributed by atoms with Gasteiger partial charge >= 0.3 is 5.97 Å². The average Bonchev–Trinajstić information content (AvgIpc) is 1.88. The Balaban J connectivity index is 2.43. The molecule has 0 radical (unpaired) electrons. The van der Waals surface area contributed by atoms with Crippen LogP contribution >= 0.6 is 0 Å². The van der Waals surface area contributed by atoms with Crippen molar-refractivity contribution < 1.29 is 14.6 Å². The first kappa shape index (κ1) is 7.54. The largest absolute Gasteiger partial charge is 0.465 e. The summed E-state index contributed by atoms with van der Waals surface area (Å²) in [6, 6.07) is 0. The maximum absolute atomic E-state index is 10.6. The minimum absolute atomic E-state index is 0.151. The van der Waals surface area contributed by atoms with Gasteiger partial charge < -0.3 is 9.84 Å². The average molecular weight is 144 g/mol. The van der Waals surface area contributed by atoms with Crippen molar-refractivity contribution in [2.24, 2.45) is 5.92 Å². The Hall–Kier alpha value is -0.570. The first-order chi connectivity index (χ1) is 4.74. The van der Waals surface area contributed by atoms with E-state index in [1.165, 1.54) is 0 Å². The second kappa shape index (κ2) is 3.01. The Labute approximate surface area is 60.0 Å². The number of hydrogen-bond acceptors (Lipinski definition) is 3. The van der Waals surface area contributed by atoms with E-state index in [0.29, 0.717) is 6.61 Å². The zero-order valence-electron chi connectivity index (χ0n) is 6.04. The normalized spacial score (nSPS) is 33.6. The summed E-state index contributed by atoms with van der Waals surface area (Å²) < 4.78 is 4.75. The first-order valence-corrected chi connectivity index (χ1v) is 3.57. The minimum Gasteiger partial charge on any atom is -0.465 e. The highest BCUT2D eigenvalue weighted by Crippen LogP contribution is 2.17. The molecule has 10 heavy (non-hydrogen) atoms. The zero-order chi connectivity index (χ0) is 7.56. The lowest BCUT2D eigenvalue weighted by atomic mass is 9.96. The van der Waals surface area contributed by atoms with Crippen molar-refractivity contribution in [3.05, 3.63) is 0 Å². The van der Waals surface area contributed by atoms with Crippen LogP contribution < -0.4 is 0 Å². The van der Waals surface area contributed by atoms with Crippen LogP contribution in [0, 0.1) is 5.92 Å². The van der Waals surface area contributed by atoms with Crippen molar-refractivity contribution in [2.45, 2.75) is 25.9 Å². The number of aliphatic hydroxyl groups is 1. The molecule has 0 aromatic heterocycles. The summed E-state index contributed by atoms with van der Waals surface area (Å²) in [7, 11) is 0. The number of esters is 1. The van der Waals surface area contributed by atoms with Crippen LogP contribution in [0.15, 0.2) is 0 Å². The van der Waals surface area contributed by atoms with Gasteiger partial charge in [0.15, 0.2) is 0 Å². The van der Waals surface area contributed by atoms with Gasteiger partial charge in [0.05, 0.1) is 19.1 Å². The van der Waals surface area contributed by atoms with Crippen molar-refractivity contribution in [1.29, 1.82) is 0 Å². The number of carbonyl (C=O) groups is 1. The van der Waals surface area contributed by atoms with Crippen LogP contribution in [-0.2, 0) is 9.53 Å². The number of cyclic esters (lactones) is 1.